The van der Waals surface area contributed by atoms with E-state index in [1.807, 2.05) is 6.07 Å². The maximum Gasteiger partial charge on any atom is 0.419 e. The highest BCUT2D eigenvalue weighted by atomic mass is 32.2. The van der Waals surface area contributed by atoms with Crippen molar-refractivity contribution in [3.8, 4) is 6.07 Å². The minimum Gasteiger partial charge on any atom is -0.355 e. The first-order valence-corrected chi connectivity index (χ1v) is 10.3. The molecule has 0 spiro atoms. The van der Waals surface area contributed by atoms with E-state index in [0.29, 0.717) is 18.4 Å². The molecule has 29 heavy (non-hydrogen) atoms. The molecule has 0 radical (unpaired) electrons. The van der Waals surface area contributed by atoms with Crippen LogP contribution in [0.5, 0.6) is 0 Å². The number of anilines is 1. The van der Waals surface area contributed by atoms with Crippen LogP contribution in [0.4, 0.5) is 19.0 Å². The Hall–Kier alpha value is -2.64. The predicted octanol–water partition coefficient (Wildman–Crippen LogP) is 3.26. The minimum absolute atomic E-state index is 0.0483. The van der Waals surface area contributed by atoms with Crippen molar-refractivity contribution < 1.29 is 21.6 Å². The molecular formula is C19H19F3N4O2S. The van der Waals surface area contributed by atoms with Gasteiger partial charge >= 0.3 is 6.18 Å². The highest BCUT2D eigenvalue weighted by molar-refractivity contribution is 7.89. The van der Waals surface area contributed by atoms with E-state index in [4.69, 9.17) is 5.26 Å². The van der Waals surface area contributed by atoms with Crippen molar-refractivity contribution in [3.63, 3.8) is 0 Å². The molecule has 1 aromatic heterocycles. The molecule has 0 N–H and O–H groups in total. The van der Waals surface area contributed by atoms with Gasteiger partial charge in [-0.2, -0.15) is 22.7 Å². The van der Waals surface area contributed by atoms with Gasteiger partial charge in [-0.1, -0.05) is 0 Å². The molecule has 2 heterocycles. The van der Waals surface area contributed by atoms with E-state index < -0.39 is 27.8 Å². The Morgan fingerprint density at radius 2 is 1.93 bits per heavy atom. The zero-order chi connectivity index (χ0) is 21.2. The van der Waals surface area contributed by atoms with Crippen LogP contribution in [0.2, 0.25) is 0 Å². The summed E-state index contributed by atoms with van der Waals surface area (Å²) in [4.78, 5) is 5.35. The number of nitriles is 1. The van der Waals surface area contributed by atoms with E-state index in [1.165, 1.54) is 52.8 Å². The summed E-state index contributed by atoms with van der Waals surface area (Å²) < 4.78 is 67.2. The highest BCUT2D eigenvalue weighted by Crippen LogP contribution is 2.36. The van der Waals surface area contributed by atoms with Crippen LogP contribution in [0.15, 0.2) is 47.5 Å². The van der Waals surface area contributed by atoms with E-state index in [0.717, 1.165) is 6.07 Å². The third kappa shape index (κ3) is 4.36. The Morgan fingerprint density at radius 3 is 2.55 bits per heavy atom. The van der Waals surface area contributed by atoms with Crippen LogP contribution in [-0.4, -0.2) is 43.9 Å². The number of pyridine rings is 1. The molecule has 10 heteroatoms. The van der Waals surface area contributed by atoms with Crippen molar-refractivity contribution in [2.75, 3.05) is 25.0 Å². The predicted molar refractivity (Wildman–Crippen MR) is 101 cm³/mol. The molecule has 0 bridgehead atoms. The number of hydrogen-bond donors (Lipinski definition) is 0. The third-order valence-electron chi connectivity index (χ3n) is 4.95. The molecule has 1 saturated heterocycles. The smallest absolute Gasteiger partial charge is 0.355 e. The summed E-state index contributed by atoms with van der Waals surface area (Å²) in [6, 6.07) is 9.23. The van der Waals surface area contributed by atoms with Gasteiger partial charge in [0.1, 0.15) is 5.82 Å². The molecule has 6 nitrogen and oxygen atoms in total. The molecule has 1 atom stereocenters. The zero-order valence-corrected chi connectivity index (χ0v) is 16.4. The van der Waals surface area contributed by atoms with Gasteiger partial charge in [-0.15, -0.1) is 0 Å². The lowest BCUT2D eigenvalue weighted by Crippen LogP contribution is -2.49. The topological polar surface area (TPSA) is 77.3 Å². The minimum atomic E-state index is -4.55. The number of benzene rings is 1. The summed E-state index contributed by atoms with van der Waals surface area (Å²) >= 11 is 0. The molecule has 0 amide bonds. The van der Waals surface area contributed by atoms with E-state index >= 15 is 0 Å². The van der Waals surface area contributed by atoms with Crippen LogP contribution < -0.4 is 4.90 Å². The summed E-state index contributed by atoms with van der Waals surface area (Å²) in [6.07, 6.45) is -2.21. The van der Waals surface area contributed by atoms with Crippen molar-refractivity contribution >= 4 is 15.8 Å². The fourth-order valence-corrected chi connectivity index (χ4v) is 4.89. The summed E-state index contributed by atoms with van der Waals surface area (Å²) in [5.74, 6) is -0.220. The Morgan fingerprint density at radius 1 is 1.24 bits per heavy atom. The highest BCUT2D eigenvalue weighted by Gasteiger charge is 2.38. The lowest BCUT2D eigenvalue weighted by atomic mass is 10.1. The van der Waals surface area contributed by atoms with E-state index in [2.05, 4.69) is 4.98 Å². The monoisotopic (exact) mass is 424 g/mol. The molecule has 3 rings (SSSR count). The Balaban J connectivity index is 1.85. The number of piperidine rings is 1. The largest absolute Gasteiger partial charge is 0.419 e. The van der Waals surface area contributed by atoms with Gasteiger partial charge in [0.2, 0.25) is 10.0 Å². The first-order chi connectivity index (χ1) is 13.6. The number of hydrogen-bond acceptors (Lipinski definition) is 5. The van der Waals surface area contributed by atoms with Crippen molar-refractivity contribution in [2.24, 2.45) is 0 Å². The number of alkyl halides is 3. The van der Waals surface area contributed by atoms with E-state index in [1.54, 1.807) is 0 Å². The lowest BCUT2D eigenvalue weighted by molar-refractivity contribution is -0.137. The van der Waals surface area contributed by atoms with Crippen LogP contribution in [-0.2, 0) is 16.2 Å². The summed E-state index contributed by atoms with van der Waals surface area (Å²) in [6.45, 7) is 0.327. The van der Waals surface area contributed by atoms with Gasteiger partial charge in [0, 0.05) is 32.4 Å². The first-order valence-electron chi connectivity index (χ1n) is 8.90. The molecule has 1 fully saturated rings. The van der Waals surface area contributed by atoms with Crippen LogP contribution in [0.25, 0.3) is 0 Å². The third-order valence-corrected chi connectivity index (χ3v) is 6.83. The molecule has 1 aliphatic rings. The zero-order valence-electron chi connectivity index (χ0n) is 15.6. The number of sulfonamides is 1. The molecule has 1 unspecified atom stereocenters. The number of rotatable bonds is 4. The van der Waals surface area contributed by atoms with Gasteiger partial charge in [0.05, 0.1) is 22.1 Å². The average molecular weight is 424 g/mol. The molecule has 154 valence electrons. The fraction of sp³-hybridized carbons (Fsp3) is 0.368. The summed E-state index contributed by atoms with van der Waals surface area (Å²) in [5, 5.41) is 8.86. The Kier molecular flexibility index (Phi) is 5.82. The second-order valence-electron chi connectivity index (χ2n) is 6.78. The quantitative estimate of drug-likeness (QED) is 0.753. The maximum absolute atomic E-state index is 13.3. The molecule has 0 saturated carbocycles. The van der Waals surface area contributed by atoms with Gasteiger partial charge in [-0.3, -0.25) is 0 Å². The Labute approximate surface area is 167 Å². The molecule has 1 aliphatic heterocycles. The second kappa shape index (κ2) is 8.00. The first kappa shape index (κ1) is 21.1. The number of nitrogens with zero attached hydrogens (tertiary/aromatic N) is 4. The summed E-state index contributed by atoms with van der Waals surface area (Å²) in [7, 11) is -2.32. The van der Waals surface area contributed by atoms with Crippen LogP contribution in [0, 0.1) is 11.3 Å². The van der Waals surface area contributed by atoms with Crippen molar-refractivity contribution in [1.29, 1.82) is 5.26 Å². The van der Waals surface area contributed by atoms with Crippen LogP contribution in [0.1, 0.15) is 24.0 Å². The number of aromatic nitrogens is 1. The molecule has 0 aliphatic carbocycles. The SMILES string of the molecule is CN(c1ncccc1C(F)(F)F)C1CCCN(S(=O)(=O)c2ccc(C#N)cc2)C1. The van der Waals surface area contributed by atoms with Gasteiger partial charge < -0.3 is 4.90 Å². The van der Waals surface area contributed by atoms with Crippen molar-refractivity contribution in [1.82, 2.24) is 9.29 Å². The summed E-state index contributed by atoms with van der Waals surface area (Å²) in [5.41, 5.74) is -0.510. The molecule has 2 aromatic rings. The van der Waals surface area contributed by atoms with E-state index in [9.17, 15) is 21.6 Å². The maximum atomic E-state index is 13.3. The van der Waals surface area contributed by atoms with Crippen molar-refractivity contribution in [2.45, 2.75) is 30.0 Å². The lowest BCUT2D eigenvalue weighted by Gasteiger charge is -2.38. The Bertz CT molecular complexity index is 1020. The van der Waals surface area contributed by atoms with Gasteiger partial charge in [0.15, 0.2) is 0 Å². The number of halogens is 3. The fourth-order valence-electron chi connectivity index (χ4n) is 3.38. The standard InChI is InChI=1S/C19H19F3N4O2S/c1-25(18-17(19(20,21)22)5-2-10-24-18)15-4-3-11-26(13-15)29(27,28)16-8-6-14(12-23)7-9-16/h2,5-10,15H,3-4,11,13H2,1H3. The normalized spacial score (nSPS) is 18.2. The second-order valence-corrected chi connectivity index (χ2v) is 8.72. The van der Waals surface area contributed by atoms with Gasteiger partial charge in [-0.05, 0) is 49.2 Å². The van der Waals surface area contributed by atoms with Crippen molar-refractivity contribution in [3.05, 3.63) is 53.7 Å². The van der Waals surface area contributed by atoms with Crippen LogP contribution >= 0.6 is 0 Å². The van der Waals surface area contributed by atoms with Gasteiger partial charge in [-0.25, -0.2) is 13.4 Å². The average Bonchev–Trinajstić information content (AvgIpc) is 2.72. The van der Waals surface area contributed by atoms with Gasteiger partial charge in [0.25, 0.3) is 0 Å². The molecule has 1 aromatic carbocycles. The van der Waals surface area contributed by atoms with Crippen LogP contribution in [0.3, 0.4) is 0 Å². The van der Waals surface area contributed by atoms with E-state index in [-0.39, 0.29) is 23.8 Å². The molecular weight excluding hydrogens is 405 g/mol. The number of likely N-dealkylation sites (N-methyl/N-ethyl adjacent to an activating group) is 1.